The average molecular weight is 672 g/mol. The van der Waals surface area contributed by atoms with E-state index in [-0.39, 0.29) is 24.4 Å². The number of aryl methyl sites for hydroxylation is 1. The van der Waals surface area contributed by atoms with Gasteiger partial charge in [0.1, 0.15) is 12.6 Å². The summed E-state index contributed by atoms with van der Waals surface area (Å²) in [5.74, 6) is -1.26. The molecule has 1 N–H and O–H groups in total. The SMILES string of the molecule is CCNC(=O)[C@H](Cc1ccccc1)N(Cc1cccc(C)c1)C(=O)CN(c1ccc(Cl)c(C(F)(F)F)c1)S(=O)(=O)c1ccccc1. The van der Waals surface area contributed by atoms with Gasteiger partial charge in [-0.1, -0.05) is 90.0 Å². The largest absolute Gasteiger partial charge is 0.417 e. The number of likely N-dealkylation sites (N-methyl/N-ethyl adjacent to an activating group) is 1. The summed E-state index contributed by atoms with van der Waals surface area (Å²) in [6.07, 6.45) is -4.79. The zero-order valence-electron chi connectivity index (χ0n) is 25.2. The summed E-state index contributed by atoms with van der Waals surface area (Å²) < 4.78 is 70.3. The molecular weight excluding hydrogens is 639 g/mol. The highest BCUT2D eigenvalue weighted by molar-refractivity contribution is 7.92. The van der Waals surface area contributed by atoms with Crippen molar-refractivity contribution < 1.29 is 31.2 Å². The lowest BCUT2D eigenvalue weighted by atomic mass is 10.0. The van der Waals surface area contributed by atoms with Crippen molar-refractivity contribution >= 4 is 39.1 Å². The number of carbonyl (C=O) groups is 2. The number of sulfonamides is 1. The Balaban J connectivity index is 1.85. The smallest absolute Gasteiger partial charge is 0.355 e. The molecule has 0 saturated carbocycles. The molecule has 0 saturated heterocycles. The second kappa shape index (κ2) is 14.8. The van der Waals surface area contributed by atoms with E-state index in [1.54, 1.807) is 49.4 Å². The van der Waals surface area contributed by atoms with Crippen LogP contribution >= 0.6 is 11.6 Å². The number of carbonyl (C=O) groups excluding carboxylic acids is 2. The van der Waals surface area contributed by atoms with Crippen molar-refractivity contribution in [3.63, 3.8) is 0 Å². The number of nitrogens with one attached hydrogen (secondary N) is 1. The van der Waals surface area contributed by atoms with Crippen LogP contribution in [0, 0.1) is 6.92 Å². The van der Waals surface area contributed by atoms with Crippen molar-refractivity contribution in [2.45, 2.75) is 43.9 Å². The Bertz CT molecular complexity index is 1770. The van der Waals surface area contributed by atoms with Crippen LogP contribution in [0.25, 0.3) is 0 Å². The summed E-state index contributed by atoms with van der Waals surface area (Å²) in [4.78, 5) is 29.0. The third-order valence-electron chi connectivity index (χ3n) is 7.21. The fourth-order valence-corrected chi connectivity index (χ4v) is 6.64. The molecule has 0 bridgehead atoms. The molecule has 4 rings (SSSR count). The van der Waals surface area contributed by atoms with Crippen LogP contribution in [0.2, 0.25) is 5.02 Å². The molecular formula is C34H33ClF3N3O4S. The van der Waals surface area contributed by atoms with E-state index < -0.39 is 56.9 Å². The van der Waals surface area contributed by atoms with Crippen LogP contribution in [0.5, 0.6) is 0 Å². The standard InChI is InChI=1S/C34H33ClF3N3O4S/c1-3-39-33(43)31(20-25-12-6-4-7-13-25)40(22-26-14-10-11-24(2)19-26)32(42)23-41(46(44,45)28-15-8-5-9-16-28)27-17-18-30(35)29(21-27)34(36,37)38/h4-19,21,31H,3,20,22-23H2,1-2H3,(H,39,43)/t31-/m0/s1. The Morgan fingerprint density at radius 1 is 0.870 bits per heavy atom. The van der Waals surface area contributed by atoms with E-state index in [0.717, 1.165) is 23.3 Å². The predicted octanol–water partition coefficient (Wildman–Crippen LogP) is 6.64. The van der Waals surface area contributed by atoms with Gasteiger partial charge in [-0.05, 0) is 55.3 Å². The van der Waals surface area contributed by atoms with Crippen LogP contribution in [0.3, 0.4) is 0 Å². The van der Waals surface area contributed by atoms with Crippen molar-refractivity contribution in [1.29, 1.82) is 0 Å². The predicted molar refractivity (Wildman–Crippen MR) is 172 cm³/mol. The second-order valence-corrected chi connectivity index (χ2v) is 12.9. The van der Waals surface area contributed by atoms with E-state index in [9.17, 15) is 31.2 Å². The molecule has 7 nitrogen and oxygen atoms in total. The Kier molecular flexibility index (Phi) is 11.1. The Labute approximate surface area is 271 Å². The van der Waals surface area contributed by atoms with Gasteiger partial charge in [0.2, 0.25) is 11.8 Å². The van der Waals surface area contributed by atoms with Crippen LogP contribution in [0.1, 0.15) is 29.2 Å². The average Bonchev–Trinajstić information content (AvgIpc) is 3.02. The first-order valence-electron chi connectivity index (χ1n) is 14.4. The number of alkyl halides is 3. The van der Waals surface area contributed by atoms with Gasteiger partial charge in [-0.3, -0.25) is 13.9 Å². The molecule has 0 aromatic heterocycles. The Morgan fingerprint density at radius 2 is 1.50 bits per heavy atom. The first-order valence-corrected chi connectivity index (χ1v) is 16.2. The van der Waals surface area contributed by atoms with Gasteiger partial charge in [0.05, 0.1) is 21.2 Å². The van der Waals surface area contributed by atoms with Gasteiger partial charge >= 0.3 is 6.18 Å². The maximum Gasteiger partial charge on any atom is 0.417 e. The molecule has 1 atom stereocenters. The van der Waals surface area contributed by atoms with Gasteiger partial charge in [0.25, 0.3) is 10.0 Å². The summed E-state index contributed by atoms with van der Waals surface area (Å²) in [6.45, 7) is 2.91. The molecule has 0 radical (unpaired) electrons. The maximum absolute atomic E-state index is 14.4. The summed E-state index contributed by atoms with van der Waals surface area (Å²) in [6, 6.07) is 25.0. The molecule has 0 aliphatic carbocycles. The summed E-state index contributed by atoms with van der Waals surface area (Å²) in [7, 11) is -4.58. The first-order chi connectivity index (χ1) is 21.8. The van der Waals surface area contributed by atoms with Crippen molar-refractivity contribution in [2.24, 2.45) is 0 Å². The minimum Gasteiger partial charge on any atom is -0.355 e. The zero-order valence-corrected chi connectivity index (χ0v) is 26.7. The monoisotopic (exact) mass is 671 g/mol. The molecule has 46 heavy (non-hydrogen) atoms. The van der Waals surface area contributed by atoms with Gasteiger partial charge in [-0.2, -0.15) is 13.2 Å². The highest BCUT2D eigenvalue weighted by atomic mass is 35.5. The Hall–Kier alpha value is -4.35. The molecule has 4 aromatic rings. The lowest BCUT2D eigenvalue weighted by molar-refractivity contribution is -0.140. The highest BCUT2D eigenvalue weighted by Gasteiger charge is 2.37. The van der Waals surface area contributed by atoms with E-state index in [1.807, 2.05) is 25.1 Å². The molecule has 0 unspecified atom stereocenters. The van der Waals surface area contributed by atoms with Crippen LogP contribution in [0.4, 0.5) is 18.9 Å². The molecule has 0 aliphatic rings. The number of amides is 2. The van der Waals surface area contributed by atoms with Gasteiger partial charge < -0.3 is 10.2 Å². The second-order valence-electron chi connectivity index (χ2n) is 10.6. The van der Waals surface area contributed by atoms with Crippen molar-refractivity contribution in [2.75, 3.05) is 17.4 Å². The van der Waals surface area contributed by atoms with Crippen molar-refractivity contribution in [3.8, 4) is 0 Å². The minimum atomic E-state index is -4.89. The van der Waals surface area contributed by atoms with Crippen LogP contribution in [0.15, 0.2) is 108 Å². The molecule has 0 heterocycles. The molecule has 4 aromatic carbocycles. The minimum absolute atomic E-state index is 0.0667. The normalized spacial score (nSPS) is 12.3. The van der Waals surface area contributed by atoms with Crippen LogP contribution in [-0.2, 0) is 38.8 Å². The Morgan fingerprint density at radius 3 is 2.11 bits per heavy atom. The zero-order chi connectivity index (χ0) is 33.5. The molecule has 12 heteroatoms. The number of nitrogens with zero attached hydrogens (tertiary/aromatic N) is 2. The third-order valence-corrected chi connectivity index (χ3v) is 9.33. The number of anilines is 1. The lowest BCUT2D eigenvalue weighted by Gasteiger charge is -2.34. The molecule has 0 spiro atoms. The molecule has 2 amide bonds. The number of benzene rings is 4. The van der Waals surface area contributed by atoms with Crippen molar-refractivity contribution in [3.05, 3.63) is 130 Å². The lowest BCUT2D eigenvalue weighted by Crippen LogP contribution is -2.53. The number of hydrogen-bond donors (Lipinski definition) is 1. The highest BCUT2D eigenvalue weighted by Crippen LogP contribution is 2.38. The number of hydrogen-bond acceptors (Lipinski definition) is 4. The third kappa shape index (κ3) is 8.46. The fraction of sp³-hybridized carbons (Fsp3) is 0.235. The maximum atomic E-state index is 14.4. The van der Waals surface area contributed by atoms with Crippen LogP contribution in [-0.4, -0.2) is 44.3 Å². The number of halogens is 4. The van der Waals surface area contributed by atoms with Crippen LogP contribution < -0.4 is 9.62 Å². The van der Waals surface area contributed by atoms with Gasteiger partial charge in [-0.25, -0.2) is 8.42 Å². The quantitative estimate of drug-likeness (QED) is 0.183. The van der Waals surface area contributed by atoms with E-state index in [1.165, 1.54) is 29.2 Å². The van der Waals surface area contributed by atoms with Crippen molar-refractivity contribution in [1.82, 2.24) is 10.2 Å². The first kappa shape index (κ1) is 34.5. The van der Waals surface area contributed by atoms with E-state index in [0.29, 0.717) is 15.9 Å². The van der Waals surface area contributed by atoms with Gasteiger partial charge in [0.15, 0.2) is 0 Å². The van der Waals surface area contributed by atoms with Gasteiger partial charge in [-0.15, -0.1) is 0 Å². The number of rotatable bonds is 12. The summed E-state index contributed by atoms with van der Waals surface area (Å²) in [5, 5.41) is 2.14. The van der Waals surface area contributed by atoms with E-state index in [2.05, 4.69) is 5.32 Å². The topological polar surface area (TPSA) is 86.8 Å². The van der Waals surface area contributed by atoms with E-state index >= 15 is 0 Å². The fourth-order valence-electron chi connectivity index (χ4n) is 4.99. The summed E-state index contributed by atoms with van der Waals surface area (Å²) >= 11 is 5.85. The molecule has 0 fully saturated rings. The molecule has 0 aliphatic heterocycles. The molecule has 242 valence electrons. The summed E-state index contributed by atoms with van der Waals surface area (Å²) in [5.41, 5.74) is 0.660. The van der Waals surface area contributed by atoms with Gasteiger partial charge in [0, 0.05) is 19.5 Å². The van der Waals surface area contributed by atoms with E-state index in [4.69, 9.17) is 11.6 Å².